The lowest BCUT2D eigenvalue weighted by molar-refractivity contribution is 0.452. The van der Waals surface area contributed by atoms with Crippen LogP contribution in [-0.2, 0) is 6.54 Å². The van der Waals surface area contributed by atoms with Gasteiger partial charge in [-0.25, -0.2) is 14.9 Å². The molecule has 0 fully saturated rings. The molecule has 4 aromatic rings. The van der Waals surface area contributed by atoms with Gasteiger partial charge < -0.3 is 9.30 Å². The van der Waals surface area contributed by atoms with Crippen molar-refractivity contribution in [2.24, 2.45) is 0 Å². The van der Waals surface area contributed by atoms with Gasteiger partial charge in [-0.15, -0.1) is 5.10 Å². The Kier molecular flexibility index (Phi) is 6.16. The maximum Gasteiger partial charge on any atom is 0.349 e. The van der Waals surface area contributed by atoms with Crippen molar-refractivity contribution in [3.05, 3.63) is 89.4 Å². The summed E-state index contributed by atoms with van der Waals surface area (Å²) in [7, 11) is 0. The van der Waals surface area contributed by atoms with E-state index in [4.69, 9.17) is 27.9 Å². The summed E-state index contributed by atoms with van der Waals surface area (Å²) in [5.41, 5.74) is -0.925. The molecule has 33 heavy (non-hydrogen) atoms. The molecular weight excluding hydrogens is 473 g/mol. The van der Waals surface area contributed by atoms with E-state index in [1.54, 1.807) is 17.0 Å². The average molecular weight is 490 g/mol. The number of aromatic amines is 2. The van der Waals surface area contributed by atoms with Crippen LogP contribution < -0.4 is 21.5 Å². The number of hydrogen-bond donors (Lipinski definition) is 2. The summed E-state index contributed by atoms with van der Waals surface area (Å²) >= 11 is 12.7. The minimum absolute atomic E-state index is 0.0536. The minimum Gasteiger partial charge on any atom is -0.434 e. The van der Waals surface area contributed by atoms with E-state index in [1.165, 1.54) is 24.5 Å². The molecule has 0 radical (unpaired) electrons. The molecule has 0 aliphatic rings. The quantitative estimate of drug-likeness (QED) is 0.423. The van der Waals surface area contributed by atoms with Crippen molar-refractivity contribution < 1.29 is 4.74 Å². The molecular formula is C20H17Cl2N7O4. The topological polar surface area (TPSA) is 141 Å². The first kappa shape index (κ1) is 22.5. The van der Waals surface area contributed by atoms with E-state index in [-0.39, 0.29) is 51.1 Å². The fraction of sp³-hybridized carbons (Fsp3) is 0.200. The van der Waals surface area contributed by atoms with E-state index >= 15 is 0 Å². The van der Waals surface area contributed by atoms with Crippen molar-refractivity contribution in [2.45, 2.75) is 26.3 Å². The number of imidazole rings is 1. The third-order valence-corrected chi connectivity index (χ3v) is 5.21. The summed E-state index contributed by atoms with van der Waals surface area (Å²) in [6.07, 6.45) is 4.74. The van der Waals surface area contributed by atoms with E-state index in [9.17, 15) is 14.4 Å². The monoisotopic (exact) mass is 489 g/mol. The molecule has 0 aliphatic heterocycles. The lowest BCUT2D eigenvalue weighted by Crippen LogP contribution is -2.34. The highest BCUT2D eigenvalue weighted by Crippen LogP contribution is 2.37. The Morgan fingerprint density at radius 1 is 1.09 bits per heavy atom. The molecule has 0 unspecified atom stereocenters. The number of halogens is 2. The van der Waals surface area contributed by atoms with Crippen LogP contribution in [0.15, 0.2) is 51.3 Å². The number of aromatic nitrogens is 7. The van der Waals surface area contributed by atoms with Crippen LogP contribution in [0.5, 0.6) is 11.6 Å². The number of rotatable bonds is 6. The lowest BCUT2D eigenvalue weighted by atomic mass is 10.1. The predicted octanol–water partition coefficient (Wildman–Crippen LogP) is 2.47. The van der Waals surface area contributed by atoms with Gasteiger partial charge in [0.05, 0.1) is 28.6 Å². The second kappa shape index (κ2) is 9.04. The lowest BCUT2D eigenvalue weighted by Gasteiger charge is -2.13. The Morgan fingerprint density at radius 3 is 2.45 bits per heavy atom. The molecule has 0 amide bonds. The van der Waals surface area contributed by atoms with Crippen molar-refractivity contribution in [1.29, 1.82) is 0 Å². The molecule has 3 aromatic heterocycles. The largest absolute Gasteiger partial charge is 0.434 e. The van der Waals surface area contributed by atoms with Crippen LogP contribution in [0, 0.1) is 0 Å². The smallest absolute Gasteiger partial charge is 0.349 e. The summed E-state index contributed by atoms with van der Waals surface area (Å²) in [5, 5.41) is 10.5. The first-order valence-electron chi connectivity index (χ1n) is 9.68. The SMILES string of the molecule is CC(C)c1cc(Oc2c(Cl)cc(-n3nc(Cn4ccnc4)c(=O)[nH]c3=O)cc2Cl)n[nH]c1=O. The zero-order valence-electron chi connectivity index (χ0n) is 17.4. The van der Waals surface area contributed by atoms with Gasteiger partial charge in [0.15, 0.2) is 5.75 Å². The zero-order valence-corrected chi connectivity index (χ0v) is 18.9. The molecule has 13 heteroatoms. The second-order valence-electron chi connectivity index (χ2n) is 7.34. The van der Waals surface area contributed by atoms with Crippen LogP contribution in [-0.4, -0.2) is 34.5 Å². The van der Waals surface area contributed by atoms with Crippen molar-refractivity contribution in [1.82, 2.24) is 34.5 Å². The summed E-state index contributed by atoms with van der Waals surface area (Å²) in [5.74, 6) is 0.117. The highest BCUT2D eigenvalue weighted by atomic mass is 35.5. The standard InChI is InChI=1S/C20H17Cl2N7O4/c1-10(2)12-7-16(25-26-18(12)30)33-17-13(21)5-11(6-14(17)22)29-20(32)24-19(31)15(27-29)8-28-4-3-23-9-28/h3-7,9-10H,8H2,1-2H3,(H,26,30)(H,24,31,32). The Morgan fingerprint density at radius 2 is 1.82 bits per heavy atom. The van der Waals surface area contributed by atoms with Crippen LogP contribution in [0.1, 0.15) is 31.0 Å². The third kappa shape index (κ3) is 4.73. The Balaban J connectivity index is 1.71. The van der Waals surface area contributed by atoms with Gasteiger partial charge in [-0.1, -0.05) is 37.0 Å². The van der Waals surface area contributed by atoms with Gasteiger partial charge in [0, 0.05) is 24.0 Å². The van der Waals surface area contributed by atoms with Gasteiger partial charge in [0.2, 0.25) is 5.88 Å². The third-order valence-electron chi connectivity index (χ3n) is 4.65. The van der Waals surface area contributed by atoms with Crippen LogP contribution in [0.2, 0.25) is 10.0 Å². The number of H-pyrrole nitrogens is 2. The van der Waals surface area contributed by atoms with Gasteiger partial charge in [-0.2, -0.15) is 9.78 Å². The molecule has 3 heterocycles. The summed E-state index contributed by atoms with van der Waals surface area (Å²) < 4.78 is 8.31. The summed E-state index contributed by atoms with van der Waals surface area (Å²) in [6.45, 7) is 3.83. The molecule has 0 spiro atoms. The first-order valence-corrected chi connectivity index (χ1v) is 10.4. The molecule has 1 aromatic carbocycles. The summed E-state index contributed by atoms with van der Waals surface area (Å²) in [6, 6.07) is 4.32. The zero-order chi connectivity index (χ0) is 23.7. The fourth-order valence-electron chi connectivity index (χ4n) is 3.02. The van der Waals surface area contributed by atoms with E-state index in [0.29, 0.717) is 5.56 Å². The highest BCUT2D eigenvalue weighted by molar-refractivity contribution is 6.37. The van der Waals surface area contributed by atoms with Crippen LogP contribution in [0.4, 0.5) is 0 Å². The van der Waals surface area contributed by atoms with Crippen molar-refractivity contribution >= 4 is 23.2 Å². The van der Waals surface area contributed by atoms with Gasteiger partial charge in [-0.3, -0.25) is 14.6 Å². The van der Waals surface area contributed by atoms with Gasteiger partial charge >= 0.3 is 5.69 Å². The maximum atomic E-state index is 12.4. The maximum absolute atomic E-state index is 12.4. The van der Waals surface area contributed by atoms with E-state index in [1.807, 2.05) is 13.8 Å². The predicted molar refractivity (Wildman–Crippen MR) is 121 cm³/mol. The van der Waals surface area contributed by atoms with Crippen LogP contribution in [0.25, 0.3) is 5.69 Å². The van der Waals surface area contributed by atoms with E-state index < -0.39 is 11.2 Å². The van der Waals surface area contributed by atoms with Gasteiger partial charge in [0.25, 0.3) is 11.1 Å². The van der Waals surface area contributed by atoms with E-state index in [2.05, 4.69) is 25.3 Å². The number of nitrogens with one attached hydrogen (secondary N) is 2. The average Bonchev–Trinajstić information content (AvgIpc) is 3.26. The molecule has 0 saturated carbocycles. The van der Waals surface area contributed by atoms with E-state index in [0.717, 1.165) is 4.68 Å². The Bertz CT molecular complexity index is 1470. The molecule has 0 bridgehead atoms. The summed E-state index contributed by atoms with van der Waals surface area (Å²) in [4.78, 5) is 42.6. The van der Waals surface area contributed by atoms with Crippen molar-refractivity contribution in [3.63, 3.8) is 0 Å². The van der Waals surface area contributed by atoms with Crippen molar-refractivity contribution in [3.8, 4) is 17.3 Å². The minimum atomic E-state index is -0.765. The Labute approximate surface area is 195 Å². The van der Waals surface area contributed by atoms with Gasteiger partial charge in [0.1, 0.15) is 5.69 Å². The molecule has 0 saturated heterocycles. The van der Waals surface area contributed by atoms with Crippen LogP contribution in [0.3, 0.4) is 0 Å². The molecule has 11 nitrogen and oxygen atoms in total. The number of hydrogen-bond acceptors (Lipinski definition) is 7. The number of nitrogens with zero attached hydrogens (tertiary/aromatic N) is 5. The molecule has 4 rings (SSSR count). The molecule has 0 atom stereocenters. The molecule has 2 N–H and O–H groups in total. The number of benzene rings is 1. The fourth-order valence-corrected chi connectivity index (χ4v) is 3.57. The highest BCUT2D eigenvalue weighted by Gasteiger charge is 2.17. The van der Waals surface area contributed by atoms with Crippen molar-refractivity contribution in [2.75, 3.05) is 0 Å². The number of ether oxygens (including phenoxy) is 1. The van der Waals surface area contributed by atoms with Gasteiger partial charge in [-0.05, 0) is 18.1 Å². The molecule has 170 valence electrons. The molecule has 0 aliphatic carbocycles. The Hall–Kier alpha value is -3.70. The second-order valence-corrected chi connectivity index (χ2v) is 8.15. The first-order chi connectivity index (χ1) is 15.7. The normalized spacial score (nSPS) is 11.2. The van der Waals surface area contributed by atoms with Crippen LogP contribution >= 0.6 is 23.2 Å².